The first kappa shape index (κ1) is 14.8. The van der Waals surface area contributed by atoms with Gasteiger partial charge in [-0.05, 0) is 41.5 Å². The van der Waals surface area contributed by atoms with Gasteiger partial charge >= 0.3 is 5.97 Å². The molecule has 4 rings (SSSR count). The number of carbonyl (C=O) groups is 1. The van der Waals surface area contributed by atoms with Crippen LogP contribution in [0.4, 0.5) is 0 Å². The molecular weight excluding hydrogens is 330 g/mol. The smallest absolute Gasteiger partial charge is 0.363 e. The van der Waals surface area contributed by atoms with E-state index in [4.69, 9.17) is 25.8 Å². The molecule has 24 heavy (non-hydrogen) atoms. The second kappa shape index (κ2) is 6.02. The average molecular weight is 342 g/mol. The molecule has 0 radical (unpaired) electrons. The maximum atomic E-state index is 12.0. The molecule has 0 saturated heterocycles. The van der Waals surface area contributed by atoms with Gasteiger partial charge in [0.15, 0.2) is 17.2 Å². The van der Waals surface area contributed by atoms with Gasteiger partial charge in [-0.2, -0.15) is 0 Å². The van der Waals surface area contributed by atoms with Gasteiger partial charge in [0.2, 0.25) is 12.7 Å². The largest absolute Gasteiger partial charge is 0.454 e. The molecule has 2 aliphatic rings. The molecule has 0 aromatic heterocycles. The Labute approximate surface area is 143 Å². The number of carbonyl (C=O) groups excluding carboxylic acids is 1. The normalized spacial score (nSPS) is 17.1. The summed E-state index contributed by atoms with van der Waals surface area (Å²) in [6.07, 6.45) is 2.10. The maximum Gasteiger partial charge on any atom is 0.363 e. The second-order valence-electron chi connectivity index (χ2n) is 5.34. The lowest BCUT2D eigenvalue weighted by Gasteiger charge is -2.00. The molecule has 0 bridgehead atoms. The predicted octanol–water partition coefficient (Wildman–Crippen LogP) is 3.61. The molecule has 0 saturated carbocycles. The number of hydrogen-bond donors (Lipinski definition) is 0. The van der Waals surface area contributed by atoms with E-state index in [-0.39, 0.29) is 12.5 Å². The van der Waals surface area contributed by atoms with Crippen molar-refractivity contribution in [3.8, 4) is 11.5 Å². The number of benzene rings is 2. The first-order chi connectivity index (χ1) is 11.7. The van der Waals surface area contributed by atoms with Crippen LogP contribution in [-0.4, -0.2) is 18.7 Å². The van der Waals surface area contributed by atoms with Gasteiger partial charge in [0.1, 0.15) is 0 Å². The van der Waals surface area contributed by atoms with Gasteiger partial charge in [0.25, 0.3) is 0 Å². The molecule has 6 heteroatoms. The number of rotatable bonds is 3. The summed E-state index contributed by atoms with van der Waals surface area (Å²) in [4.78, 5) is 16.3. The zero-order valence-electron chi connectivity index (χ0n) is 12.5. The third-order valence-electron chi connectivity index (χ3n) is 3.63. The standard InChI is InChI=1S/C18H12ClNO4/c19-13-4-1-11(2-5-13)9-17-20-14(18(21)24-17)7-12-3-6-15-16(8-12)23-10-22-15/h1-8H,9-10H2/b14-7+. The van der Waals surface area contributed by atoms with E-state index < -0.39 is 5.97 Å². The van der Waals surface area contributed by atoms with Crippen molar-refractivity contribution in [3.63, 3.8) is 0 Å². The molecule has 0 fully saturated rings. The van der Waals surface area contributed by atoms with Crippen LogP contribution < -0.4 is 9.47 Å². The van der Waals surface area contributed by atoms with Gasteiger partial charge in [-0.1, -0.05) is 29.8 Å². The van der Waals surface area contributed by atoms with Crippen LogP contribution in [0, 0.1) is 0 Å². The van der Waals surface area contributed by atoms with Crippen molar-refractivity contribution in [3.05, 3.63) is 64.3 Å². The molecule has 2 heterocycles. The minimum atomic E-state index is -0.461. The molecule has 0 unspecified atom stereocenters. The molecule has 0 amide bonds. The summed E-state index contributed by atoms with van der Waals surface area (Å²) >= 11 is 5.86. The van der Waals surface area contributed by atoms with Crippen molar-refractivity contribution in [1.29, 1.82) is 0 Å². The van der Waals surface area contributed by atoms with Crippen LogP contribution in [0.5, 0.6) is 11.5 Å². The highest BCUT2D eigenvalue weighted by Crippen LogP contribution is 2.33. The topological polar surface area (TPSA) is 57.1 Å². The molecule has 0 N–H and O–H groups in total. The minimum absolute atomic E-state index is 0.209. The molecule has 2 aromatic rings. The van der Waals surface area contributed by atoms with Gasteiger partial charge < -0.3 is 14.2 Å². The number of ether oxygens (including phenoxy) is 3. The molecule has 5 nitrogen and oxygen atoms in total. The van der Waals surface area contributed by atoms with Crippen molar-refractivity contribution in [1.82, 2.24) is 0 Å². The lowest BCUT2D eigenvalue weighted by molar-refractivity contribution is -0.130. The third-order valence-corrected chi connectivity index (χ3v) is 3.89. The van der Waals surface area contributed by atoms with Crippen molar-refractivity contribution in [2.45, 2.75) is 6.42 Å². The number of fused-ring (bicyclic) bond motifs is 1. The number of aliphatic imine (C=N–C) groups is 1. The molecule has 2 aliphatic heterocycles. The highest BCUT2D eigenvalue weighted by molar-refractivity contribution is 6.30. The van der Waals surface area contributed by atoms with Crippen LogP contribution in [0.15, 0.2) is 53.2 Å². The van der Waals surface area contributed by atoms with Crippen molar-refractivity contribution in [2.75, 3.05) is 6.79 Å². The summed E-state index contributed by atoms with van der Waals surface area (Å²) in [5, 5.41) is 0.660. The van der Waals surface area contributed by atoms with E-state index in [9.17, 15) is 4.79 Å². The first-order valence-corrected chi connectivity index (χ1v) is 7.71. The Morgan fingerprint density at radius 1 is 1.08 bits per heavy atom. The van der Waals surface area contributed by atoms with Crippen LogP contribution in [0.2, 0.25) is 5.02 Å². The predicted molar refractivity (Wildman–Crippen MR) is 89.2 cm³/mol. The van der Waals surface area contributed by atoms with Gasteiger partial charge in [-0.25, -0.2) is 9.79 Å². The summed E-state index contributed by atoms with van der Waals surface area (Å²) in [7, 11) is 0. The molecule has 0 aliphatic carbocycles. The maximum absolute atomic E-state index is 12.0. The number of cyclic esters (lactones) is 1. The summed E-state index contributed by atoms with van der Waals surface area (Å²) in [5.41, 5.74) is 2.02. The van der Waals surface area contributed by atoms with Crippen LogP contribution in [0.1, 0.15) is 11.1 Å². The van der Waals surface area contributed by atoms with E-state index >= 15 is 0 Å². The molecule has 2 aromatic carbocycles. The van der Waals surface area contributed by atoms with Crippen LogP contribution >= 0.6 is 11.6 Å². The van der Waals surface area contributed by atoms with Crippen molar-refractivity contribution < 1.29 is 19.0 Å². The molecular formula is C18H12ClNO4. The number of esters is 1. The van der Waals surface area contributed by atoms with Gasteiger partial charge in [0.05, 0.1) is 0 Å². The Hall–Kier alpha value is -2.79. The van der Waals surface area contributed by atoms with E-state index in [0.29, 0.717) is 28.8 Å². The molecule has 0 atom stereocenters. The zero-order chi connectivity index (χ0) is 16.5. The Morgan fingerprint density at radius 3 is 2.71 bits per heavy atom. The van der Waals surface area contributed by atoms with E-state index in [1.54, 1.807) is 30.3 Å². The number of nitrogens with zero attached hydrogens (tertiary/aromatic N) is 1. The fourth-order valence-corrected chi connectivity index (χ4v) is 2.59. The quantitative estimate of drug-likeness (QED) is 0.632. The zero-order valence-corrected chi connectivity index (χ0v) is 13.2. The average Bonchev–Trinajstić information content (AvgIpc) is 3.16. The summed E-state index contributed by atoms with van der Waals surface area (Å²) < 4.78 is 15.8. The molecule has 0 spiro atoms. The van der Waals surface area contributed by atoms with Crippen molar-refractivity contribution in [2.24, 2.45) is 4.99 Å². The van der Waals surface area contributed by atoms with Crippen LogP contribution in [0.3, 0.4) is 0 Å². The van der Waals surface area contributed by atoms with Gasteiger partial charge in [-0.3, -0.25) is 0 Å². The minimum Gasteiger partial charge on any atom is -0.454 e. The third kappa shape index (κ3) is 2.98. The van der Waals surface area contributed by atoms with Gasteiger partial charge in [0, 0.05) is 11.4 Å². The second-order valence-corrected chi connectivity index (χ2v) is 5.78. The van der Waals surface area contributed by atoms with Crippen molar-refractivity contribution >= 4 is 29.5 Å². The fraction of sp³-hybridized carbons (Fsp3) is 0.111. The Morgan fingerprint density at radius 2 is 1.88 bits per heavy atom. The van der Waals surface area contributed by atoms with Crippen LogP contribution in [-0.2, 0) is 16.0 Å². The first-order valence-electron chi connectivity index (χ1n) is 7.33. The number of halogens is 1. The lowest BCUT2D eigenvalue weighted by Crippen LogP contribution is -2.06. The monoisotopic (exact) mass is 341 g/mol. The Bertz CT molecular complexity index is 871. The summed E-state index contributed by atoms with van der Waals surface area (Å²) in [5.74, 6) is 1.25. The van der Waals surface area contributed by atoms with Crippen LogP contribution in [0.25, 0.3) is 6.08 Å². The van der Waals surface area contributed by atoms with E-state index in [2.05, 4.69) is 4.99 Å². The highest BCUT2D eigenvalue weighted by atomic mass is 35.5. The van der Waals surface area contributed by atoms with Gasteiger partial charge in [-0.15, -0.1) is 0 Å². The SMILES string of the molecule is O=C1OC(Cc2ccc(Cl)cc2)=N/C1=C/c1ccc2c(c1)OCO2. The Balaban J connectivity index is 1.55. The molecule has 120 valence electrons. The number of hydrogen-bond acceptors (Lipinski definition) is 5. The van der Waals surface area contributed by atoms with E-state index in [1.807, 2.05) is 18.2 Å². The summed E-state index contributed by atoms with van der Waals surface area (Å²) in [6, 6.07) is 12.8. The van der Waals surface area contributed by atoms with E-state index in [1.165, 1.54) is 0 Å². The highest BCUT2D eigenvalue weighted by Gasteiger charge is 2.23. The van der Waals surface area contributed by atoms with E-state index in [0.717, 1.165) is 11.1 Å². The Kier molecular flexibility index (Phi) is 3.70. The summed E-state index contributed by atoms with van der Waals surface area (Å²) in [6.45, 7) is 0.209. The lowest BCUT2D eigenvalue weighted by atomic mass is 10.1. The fourth-order valence-electron chi connectivity index (χ4n) is 2.47.